The molecule has 3 saturated carbocycles. The average Bonchev–Trinajstić information content (AvgIpc) is 3.42. The highest BCUT2D eigenvalue weighted by molar-refractivity contribution is 5.96. The molecular formula is C41H54O14. The zero-order chi connectivity index (χ0) is 41.0. The summed E-state index contributed by atoms with van der Waals surface area (Å²) < 4.78 is 43.6. The minimum atomic E-state index is -1.68. The predicted octanol–water partition coefficient (Wildman–Crippen LogP) is 4.50. The number of ketones is 1. The van der Waals surface area contributed by atoms with Crippen molar-refractivity contribution in [3.05, 3.63) is 23.0 Å². The molecule has 4 fully saturated rings. The molecule has 1 saturated heterocycles. The van der Waals surface area contributed by atoms with Gasteiger partial charge < -0.3 is 33.2 Å². The molecule has 302 valence electrons. The third-order valence-electron chi connectivity index (χ3n) is 14.9. The Hall–Kier alpha value is -4.23. The number of hydrogen-bond donors (Lipinski definition) is 0. The molecule has 0 aromatic heterocycles. The molecule has 2 bridgehead atoms. The van der Waals surface area contributed by atoms with Gasteiger partial charge in [-0.2, -0.15) is 0 Å². The second kappa shape index (κ2) is 12.9. The number of carbonyl (C=O) groups excluding carboxylic acids is 7. The number of carbonyl (C=O) groups is 7. The summed E-state index contributed by atoms with van der Waals surface area (Å²) >= 11 is 0. The molecule has 0 N–H and O–H groups in total. The Bertz CT molecular complexity index is 1830. The summed E-state index contributed by atoms with van der Waals surface area (Å²) in [7, 11) is 1.42. The van der Waals surface area contributed by atoms with E-state index in [0.29, 0.717) is 11.1 Å². The first kappa shape index (κ1) is 40.4. The van der Waals surface area contributed by atoms with Crippen molar-refractivity contribution in [1.82, 2.24) is 0 Å². The van der Waals surface area contributed by atoms with Gasteiger partial charge in [0.15, 0.2) is 11.5 Å². The van der Waals surface area contributed by atoms with Gasteiger partial charge in [0.25, 0.3) is 0 Å². The maximum Gasteiger partial charge on any atom is 0.312 e. The molecule has 5 aliphatic carbocycles. The molecule has 0 aromatic carbocycles. The molecule has 0 amide bonds. The number of fused-ring (bicyclic) bond motifs is 5. The first-order valence-corrected chi connectivity index (χ1v) is 19.0. The van der Waals surface area contributed by atoms with Crippen molar-refractivity contribution in [2.45, 2.75) is 132 Å². The van der Waals surface area contributed by atoms with E-state index in [1.165, 1.54) is 41.7 Å². The summed E-state index contributed by atoms with van der Waals surface area (Å²) in [6.07, 6.45) is -2.29. The van der Waals surface area contributed by atoms with Crippen molar-refractivity contribution in [2.24, 2.45) is 44.8 Å². The first-order chi connectivity index (χ1) is 25.4. The van der Waals surface area contributed by atoms with Gasteiger partial charge >= 0.3 is 35.8 Å². The molecule has 0 unspecified atom stereocenters. The van der Waals surface area contributed by atoms with Crippen LogP contribution in [0.3, 0.4) is 0 Å². The summed E-state index contributed by atoms with van der Waals surface area (Å²) in [5.74, 6) is -6.29. The molecule has 1 heterocycles. The van der Waals surface area contributed by atoms with Gasteiger partial charge in [0.1, 0.15) is 36.6 Å². The van der Waals surface area contributed by atoms with Crippen LogP contribution >= 0.6 is 0 Å². The van der Waals surface area contributed by atoms with Crippen LogP contribution in [-0.4, -0.2) is 85.3 Å². The molecule has 0 radical (unpaired) electrons. The van der Waals surface area contributed by atoms with Crippen LogP contribution in [0.15, 0.2) is 23.0 Å². The molecule has 0 aromatic rings. The lowest BCUT2D eigenvalue weighted by Crippen LogP contribution is -2.76. The summed E-state index contributed by atoms with van der Waals surface area (Å²) in [5.41, 5.74) is -7.03. The summed E-state index contributed by atoms with van der Waals surface area (Å²) in [6, 6.07) is 0. The Labute approximate surface area is 321 Å². The normalized spacial score (nSPS) is 43.9. The van der Waals surface area contributed by atoms with Crippen LogP contribution in [0.2, 0.25) is 0 Å². The van der Waals surface area contributed by atoms with E-state index in [1.807, 2.05) is 20.8 Å². The van der Waals surface area contributed by atoms with E-state index in [-0.39, 0.29) is 43.8 Å². The lowest BCUT2D eigenvalue weighted by molar-refractivity contribution is -0.280. The van der Waals surface area contributed by atoms with Gasteiger partial charge in [-0.15, -0.1) is 0 Å². The fraction of sp³-hybridized carbons (Fsp3) is 0.732. The molecule has 55 heavy (non-hydrogen) atoms. The van der Waals surface area contributed by atoms with Gasteiger partial charge in [-0.05, 0) is 57.1 Å². The van der Waals surface area contributed by atoms with Crippen molar-refractivity contribution < 1.29 is 66.7 Å². The van der Waals surface area contributed by atoms with Gasteiger partial charge in [0.05, 0.1) is 23.4 Å². The average molecular weight is 771 g/mol. The molecule has 14 nitrogen and oxygen atoms in total. The second-order valence-electron chi connectivity index (χ2n) is 17.6. The van der Waals surface area contributed by atoms with E-state index in [1.54, 1.807) is 26.8 Å². The van der Waals surface area contributed by atoms with E-state index in [4.69, 9.17) is 33.2 Å². The zero-order valence-corrected chi connectivity index (χ0v) is 33.9. The topological polar surface area (TPSA) is 184 Å². The van der Waals surface area contributed by atoms with Crippen LogP contribution in [0.25, 0.3) is 0 Å². The maximum atomic E-state index is 14.5. The van der Waals surface area contributed by atoms with E-state index in [2.05, 4.69) is 0 Å². The highest BCUT2D eigenvalue weighted by Gasteiger charge is 2.89. The number of Topliss-reactive ketones (excluding diaryl/α,β-unsaturated/α-hetero) is 1. The number of esters is 6. The van der Waals surface area contributed by atoms with Gasteiger partial charge in [-0.25, -0.2) is 0 Å². The third-order valence-corrected chi connectivity index (χ3v) is 14.9. The van der Waals surface area contributed by atoms with Crippen LogP contribution in [0.5, 0.6) is 0 Å². The summed E-state index contributed by atoms with van der Waals surface area (Å²) in [5, 5.41) is 0. The minimum absolute atomic E-state index is 0.0573. The molecule has 13 atom stereocenters. The molecule has 2 spiro atoms. The largest absolute Gasteiger partial charge is 0.493 e. The Morgan fingerprint density at radius 2 is 1.44 bits per heavy atom. The van der Waals surface area contributed by atoms with Crippen LogP contribution in [0.1, 0.15) is 102 Å². The predicted molar refractivity (Wildman–Crippen MR) is 190 cm³/mol. The lowest BCUT2D eigenvalue weighted by Gasteiger charge is -2.68. The van der Waals surface area contributed by atoms with Crippen molar-refractivity contribution in [3.63, 3.8) is 0 Å². The smallest absolute Gasteiger partial charge is 0.312 e. The fourth-order valence-corrected chi connectivity index (χ4v) is 13.1. The maximum absolute atomic E-state index is 14.5. The zero-order valence-electron chi connectivity index (χ0n) is 33.9. The highest BCUT2D eigenvalue weighted by atomic mass is 16.6. The van der Waals surface area contributed by atoms with Crippen molar-refractivity contribution in [2.75, 3.05) is 13.7 Å². The van der Waals surface area contributed by atoms with Gasteiger partial charge in [0.2, 0.25) is 0 Å². The van der Waals surface area contributed by atoms with Gasteiger partial charge in [-0.3, -0.25) is 33.6 Å². The van der Waals surface area contributed by atoms with Crippen molar-refractivity contribution in [1.29, 1.82) is 0 Å². The van der Waals surface area contributed by atoms with Gasteiger partial charge in [0, 0.05) is 71.1 Å². The molecule has 6 aliphatic rings. The molecule has 6 rings (SSSR count). The molecular weight excluding hydrogens is 716 g/mol. The summed E-state index contributed by atoms with van der Waals surface area (Å²) in [4.78, 5) is 94.1. The summed E-state index contributed by atoms with van der Waals surface area (Å²) in [6.45, 7) is 17.0. The number of hydrogen-bond acceptors (Lipinski definition) is 14. The Kier molecular flexibility index (Phi) is 9.49. The number of methoxy groups -OCH3 is 1. The Balaban J connectivity index is 1.81. The highest BCUT2D eigenvalue weighted by Crippen LogP contribution is 2.82. The fourth-order valence-electron chi connectivity index (χ4n) is 13.1. The number of ether oxygens (including phenoxy) is 7. The first-order valence-electron chi connectivity index (χ1n) is 19.0. The SMILES string of the molecule is COC1=C(C)[C@@]2(C)C[C@@H](OC(C)=O)[C@H]3[C@](COC(C)=O)([C@H]2CC1=O)[C@@H](OC(C)=O)[C@H](C)[C@@]31C(C)=C[C@H](OC(C)=O)[C@@]2(C)[C@@H](OC(C)=O)C[C@@]3(C)C[C@@]21OC3=O. The van der Waals surface area contributed by atoms with Crippen LogP contribution < -0.4 is 0 Å². The Morgan fingerprint density at radius 3 is 1.98 bits per heavy atom. The minimum Gasteiger partial charge on any atom is -0.493 e. The molecule has 1 aliphatic heterocycles. The van der Waals surface area contributed by atoms with Crippen LogP contribution in [0, 0.1) is 44.8 Å². The van der Waals surface area contributed by atoms with Crippen molar-refractivity contribution in [3.8, 4) is 0 Å². The van der Waals surface area contributed by atoms with Crippen LogP contribution in [0.4, 0.5) is 0 Å². The van der Waals surface area contributed by atoms with Crippen molar-refractivity contribution >= 4 is 41.6 Å². The second-order valence-corrected chi connectivity index (χ2v) is 17.6. The molecule has 14 heteroatoms. The number of allylic oxidation sites excluding steroid dienone is 2. The third kappa shape index (κ3) is 5.13. The van der Waals surface area contributed by atoms with Gasteiger partial charge in [-0.1, -0.05) is 19.4 Å². The van der Waals surface area contributed by atoms with E-state index in [0.717, 1.165) is 0 Å². The number of rotatable bonds is 7. The Morgan fingerprint density at radius 1 is 0.836 bits per heavy atom. The quantitative estimate of drug-likeness (QED) is 0.200. The lowest BCUT2D eigenvalue weighted by atomic mass is 9.36. The van der Waals surface area contributed by atoms with E-state index < -0.39 is 111 Å². The standard InChI is InChI=1S/C41H54O14/c1-19-13-30(52-24(6)44)38(11)31(53-25(7)45)16-36(9)17-40(38,55-35(36)48)41(19)21(3)34(54-26(8)46)39(18-50-22(4)42)29-14-27(47)32(49-12)20(2)37(29,10)15-28(33(39)41)51-23(5)43/h13,21,28-31,33-34H,14-18H2,1-12H3/t21-,28+,29-,30-,31-,33-,34-,36-,37+,38-,39-,40+,41-/m0/s1. The van der Waals surface area contributed by atoms with E-state index >= 15 is 0 Å². The monoisotopic (exact) mass is 770 g/mol. The van der Waals surface area contributed by atoms with E-state index in [9.17, 15) is 33.6 Å². The van der Waals surface area contributed by atoms with Crippen LogP contribution in [-0.2, 0) is 66.7 Å².